The molecule has 20 heavy (non-hydrogen) atoms. The summed E-state index contributed by atoms with van der Waals surface area (Å²) in [6.45, 7) is 0. The van der Waals surface area contributed by atoms with E-state index < -0.39 is 11.6 Å². The van der Waals surface area contributed by atoms with Crippen molar-refractivity contribution in [3.63, 3.8) is 0 Å². The van der Waals surface area contributed by atoms with Crippen molar-refractivity contribution in [2.45, 2.75) is 0 Å². The van der Waals surface area contributed by atoms with Crippen molar-refractivity contribution in [1.82, 2.24) is 0 Å². The van der Waals surface area contributed by atoms with E-state index in [1.54, 1.807) is 30.3 Å². The molecule has 0 saturated heterocycles. The SMILES string of the molecule is O=C1C=C(Cl)c2occ(C(=O)c3ccccc3)c2C1=O. The summed E-state index contributed by atoms with van der Waals surface area (Å²) in [6.07, 6.45) is 2.15. The summed E-state index contributed by atoms with van der Waals surface area (Å²) in [5.74, 6) is -1.86. The van der Waals surface area contributed by atoms with Crippen LogP contribution in [0.5, 0.6) is 0 Å². The van der Waals surface area contributed by atoms with Crippen LogP contribution in [0.15, 0.2) is 47.1 Å². The van der Waals surface area contributed by atoms with Gasteiger partial charge in [-0.05, 0) is 0 Å². The average Bonchev–Trinajstić information content (AvgIpc) is 2.90. The molecule has 98 valence electrons. The average molecular weight is 287 g/mol. The van der Waals surface area contributed by atoms with Crippen molar-refractivity contribution in [1.29, 1.82) is 0 Å². The number of allylic oxidation sites excluding steroid dienone is 1. The molecule has 0 unspecified atom stereocenters. The molecule has 1 aromatic heterocycles. The van der Waals surface area contributed by atoms with Gasteiger partial charge in [0.15, 0.2) is 11.5 Å². The predicted octanol–water partition coefficient (Wildman–Crippen LogP) is 2.86. The van der Waals surface area contributed by atoms with Gasteiger partial charge < -0.3 is 4.42 Å². The van der Waals surface area contributed by atoms with Crippen LogP contribution in [-0.4, -0.2) is 17.3 Å². The van der Waals surface area contributed by atoms with Crippen LogP contribution in [0.25, 0.3) is 5.03 Å². The largest absolute Gasteiger partial charge is 0.462 e. The Morgan fingerprint density at radius 3 is 2.50 bits per heavy atom. The van der Waals surface area contributed by atoms with Crippen molar-refractivity contribution < 1.29 is 18.8 Å². The van der Waals surface area contributed by atoms with Crippen molar-refractivity contribution in [3.8, 4) is 0 Å². The molecular weight excluding hydrogens is 280 g/mol. The number of hydrogen-bond donors (Lipinski definition) is 0. The second-order valence-corrected chi connectivity index (χ2v) is 4.64. The molecule has 0 N–H and O–H groups in total. The zero-order chi connectivity index (χ0) is 14.3. The molecule has 0 bridgehead atoms. The van der Waals surface area contributed by atoms with Gasteiger partial charge in [0.1, 0.15) is 6.26 Å². The van der Waals surface area contributed by atoms with E-state index in [9.17, 15) is 14.4 Å². The van der Waals surface area contributed by atoms with Crippen LogP contribution in [0.2, 0.25) is 0 Å². The highest BCUT2D eigenvalue weighted by molar-refractivity contribution is 6.60. The van der Waals surface area contributed by atoms with E-state index >= 15 is 0 Å². The summed E-state index contributed by atoms with van der Waals surface area (Å²) in [6, 6.07) is 8.43. The van der Waals surface area contributed by atoms with Crippen LogP contribution < -0.4 is 0 Å². The third kappa shape index (κ3) is 1.82. The Balaban J connectivity index is 2.15. The molecule has 3 rings (SSSR count). The van der Waals surface area contributed by atoms with Crippen LogP contribution in [0.1, 0.15) is 32.0 Å². The fourth-order valence-corrected chi connectivity index (χ4v) is 2.28. The first-order valence-electron chi connectivity index (χ1n) is 5.77. The van der Waals surface area contributed by atoms with E-state index in [1.165, 1.54) is 0 Å². The molecule has 4 nitrogen and oxygen atoms in total. The molecule has 5 heteroatoms. The first-order valence-corrected chi connectivity index (χ1v) is 6.15. The van der Waals surface area contributed by atoms with E-state index in [0.717, 1.165) is 12.3 Å². The highest BCUT2D eigenvalue weighted by atomic mass is 35.5. The van der Waals surface area contributed by atoms with Crippen molar-refractivity contribution >= 4 is 34.0 Å². The molecule has 1 aliphatic carbocycles. The van der Waals surface area contributed by atoms with Crippen LogP contribution in [0.3, 0.4) is 0 Å². The normalized spacial score (nSPS) is 13.9. The minimum Gasteiger partial charge on any atom is -0.462 e. The topological polar surface area (TPSA) is 64.3 Å². The van der Waals surface area contributed by atoms with Gasteiger partial charge in [0.2, 0.25) is 11.6 Å². The molecule has 1 aromatic carbocycles. The number of benzene rings is 1. The van der Waals surface area contributed by atoms with Crippen LogP contribution in [-0.2, 0) is 4.79 Å². The Labute approximate surface area is 118 Å². The van der Waals surface area contributed by atoms with E-state index in [-0.39, 0.29) is 27.7 Å². The molecule has 1 heterocycles. The maximum atomic E-state index is 12.4. The Morgan fingerprint density at radius 2 is 1.80 bits per heavy atom. The Hall–Kier alpha value is -2.46. The zero-order valence-electron chi connectivity index (χ0n) is 10.1. The first-order chi connectivity index (χ1) is 9.59. The molecule has 0 radical (unpaired) electrons. The van der Waals surface area contributed by atoms with Gasteiger partial charge in [0.25, 0.3) is 0 Å². The second-order valence-electron chi connectivity index (χ2n) is 4.23. The second kappa shape index (κ2) is 4.58. The van der Waals surface area contributed by atoms with Gasteiger partial charge >= 0.3 is 0 Å². The lowest BCUT2D eigenvalue weighted by Gasteiger charge is -2.06. The Kier molecular flexibility index (Phi) is 2.88. The number of furan rings is 1. The molecular formula is C15H7ClO4. The molecule has 0 amide bonds. The molecule has 0 aliphatic heterocycles. The number of Topliss-reactive ketones (excluding diaryl/α,β-unsaturated/α-hetero) is 1. The summed E-state index contributed by atoms with van der Waals surface area (Å²) >= 11 is 5.85. The monoisotopic (exact) mass is 286 g/mol. The van der Waals surface area contributed by atoms with Crippen molar-refractivity contribution in [2.24, 2.45) is 0 Å². The molecule has 1 aliphatic rings. The maximum absolute atomic E-state index is 12.4. The fraction of sp³-hybridized carbons (Fsp3) is 0. The summed E-state index contributed by atoms with van der Waals surface area (Å²) in [4.78, 5) is 35.8. The number of ketones is 3. The molecule has 0 atom stereocenters. The smallest absolute Gasteiger partial charge is 0.237 e. The van der Waals surface area contributed by atoms with Gasteiger partial charge in [0, 0.05) is 11.6 Å². The lowest BCUT2D eigenvalue weighted by molar-refractivity contribution is -0.111. The van der Waals surface area contributed by atoms with E-state index in [2.05, 4.69) is 0 Å². The lowest BCUT2D eigenvalue weighted by Crippen LogP contribution is -2.19. The number of halogens is 1. The number of hydrogen-bond acceptors (Lipinski definition) is 4. The lowest BCUT2D eigenvalue weighted by atomic mass is 9.94. The molecule has 0 spiro atoms. The Morgan fingerprint density at radius 1 is 1.10 bits per heavy atom. The molecule has 0 saturated carbocycles. The van der Waals surface area contributed by atoms with Gasteiger partial charge in [-0.2, -0.15) is 0 Å². The summed E-state index contributed by atoms with van der Waals surface area (Å²) in [5, 5.41) is 0.0247. The van der Waals surface area contributed by atoms with Gasteiger partial charge in [-0.1, -0.05) is 41.9 Å². The zero-order valence-corrected chi connectivity index (χ0v) is 10.8. The van der Waals surface area contributed by atoms with E-state index in [4.69, 9.17) is 16.0 Å². The van der Waals surface area contributed by atoms with Crippen molar-refractivity contribution in [3.05, 3.63) is 65.1 Å². The fourth-order valence-electron chi connectivity index (χ4n) is 2.04. The summed E-state index contributed by atoms with van der Waals surface area (Å²) in [7, 11) is 0. The highest BCUT2D eigenvalue weighted by Gasteiger charge is 2.33. The van der Waals surface area contributed by atoms with Crippen LogP contribution >= 0.6 is 11.6 Å². The van der Waals surface area contributed by atoms with E-state index in [0.29, 0.717) is 5.56 Å². The minimum atomic E-state index is -0.780. The highest BCUT2D eigenvalue weighted by Crippen LogP contribution is 2.32. The first kappa shape index (κ1) is 12.6. The standard InChI is InChI=1S/C15H7ClO4/c16-10-6-11(17)14(19)12-9(7-20-15(10)12)13(18)8-4-2-1-3-5-8/h1-7H. The number of carbonyl (C=O) groups is 3. The van der Waals surface area contributed by atoms with E-state index in [1.807, 2.05) is 0 Å². The van der Waals surface area contributed by atoms with Crippen LogP contribution in [0, 0.1) is 0 Å². The van der Waals surface area contributed by atoms with Gasteiger partial charge in [-0.25, -0.2) is 0 Å². The number of fused-ring (bicyclic) bond motifs is 1. The van der Waals surface area contributed by atoms with Gasteiger partial charge in [-0.3, -0.25) is 14.4 Å². The Bertz CT molecular complexity index is 768. The van der Waals surface area contributed by atoms with Crippen molar-refractivity contribution in [2.75, 3.05) is 0 Å². The van der Waals surface area contributed by atoms with Gasteiger partial charge in [-0.15, -0.1) is 0 Å². The molecule has 0 fully saturated rings. The molecule has 2 aromatic rings. The third-order valence-electron chi connectivity index (χ3n) is 3.00. The number of rotatable bonds is 2. The predicted molar refractivity (Wildman–Crippen MR) is 71.8 cm³/mol. The maximum Gasteiger partial charge on any atom is 0.237 e. The van der Waals surface area contributed by atoms with Gasteiger partial charge in [0.05, 0.1) is 16.2 Å². The van der Waals surface area contributed by atoms with Crippen LogP contribution in [0.4, 0.5) is 0 Å². The number of carbonyl (C=O) groups excluding carboxylic acids is 3. The quantitative estimate of drug-likeness (QED) is 0.629. The third-order valence-corrected chi connectivity index (χ3v) is 3.28. The summed E-state index contributed by atoms with van der Waals surface area (Å²) < 4.78 is 5.17. The summed E-state index contributed by atoms with van der Waals surface area (Å²) in [5.41, 5.74) is 0.397. The minimum absolute atomic E-state index is 0.0247.